The van der Waals surface area contributed by atoms with E-state index in [1.807, 2.05) is 24.3 Å². The molecule has 2 aromatic rings. The van der Waals surface area contributed by atoms with Gasteiger partial charge in [-0.2, -0.15) is 0 Å². The van der Waals surface area contributed by atoms with Gasteiger partial charge in [-0.05, 0) is 66.3 Å². The van der Waals surface area contributed by atoms with Crippen LogP contribution in [0.2, 0.25) is 10.0 Å². The zero-order chi connectivity index (χ0) is 41.8. The van der Waals surface area contributed by atoms with Crippen LogP contribution in [0, 0.1) is 11.8 Å². The summed E-state index contributed by atoms with van der Waals surface area (Å²) in [7, 11) is 0. The summed E-state index contributed by atoms with van der Waals surface area (Å²) in [6, 6.07) is 6.41. The molecule has 0 bridgehead atoms. The number of nitrogens with one attached hydrogen (secondary N) is 4. The van der Waals surface area contributed by atoms with Gasteiger partial charge < -0.3 is 42.7 Å². The first-order valence-corrected chi connectivity index (χ1v) is 20.1. The zero-order valence-corrected chi connectivity index (χ0v) is 34.1. The predicted molar refractivity (Wildman–Crippen MR) is 217 cm³/mol. The smallest absolute Gasteiger partial charge is 0.326 e. The van der Waals surface area contributed by atoms with Crippen molar-refractivity contribution in [1.82, 2.24) is 26.2 Å². The first-order chi connectivity index (χ1) is 27.0. The van der Waals surface area contributed by atoms with Crippen molar-refractivity contribution in [3.05, 3.63) is 69.2 Å². The van der Waals surface area contributed by atoms with E-state index >= 15 is 0 Å². The Morgan fingerprint density at radius 1 is 0.877 bits per heavy atom. The van der Waals surface area contributed by atoms with Crippen LogP contribution in [-0.4, -0.2) is 88.2 Å². The molecule has 0 radical (unpaired) electrons. The molecule has 1 aliphatic heterocycles. The average molecular weight is 830 g/mol. The maximum Gasteiger partial charge on any atom is 0.326 e. The minimum absolute atomic E-state index is 0.00741. The molecule has 5 atom stereocenters. The SMILES string of the molecule is CC(=O)N[C@H](C(=O)NC(C(=O)N[C@@H](CCCN=C(N)N)C(=O)N1Cc2ccccc2C[C@H]1C(=O)N[C@H](Cc1ccc(Cl)c(Cl)c1)C(=O)O)C1CCCCC1)C(C)C. The fourth-order valence-electron chi connectivity index (χ4n) is 7.44. The van der Waals surface area contributed by atoms with Gasteiger partial charge in [0.1, 0.15) is 30.2 Å². The summed E-state index contributed by atoms with van der Waals surface area (Å²) >= 11 is 12.2. The highest BCUT2D eigenvalue weighted by Gasteiger charge is 2.41. The number of aliphatic carboxylic acids is 1. The van der Waals surface area contributed by atoms with Crippen LogP contribution in [0.3, 0.4) is 0 Å². The number of nitrogens with zero attached hydrogens (tertiary/aromatic N) is 2. The molecule has 0 spiro atoms. The summed E-state index contributed by atoms with van der Waals surface area (Å²) in [6.07, 6.45) is 4.38. The summed E-state index contributed by atoms with van der Waals surface area (Å²) in [5.74, 6) is -4.68. The molecule has 1 aliphatic carbocycles. The van der Waals surface area contributed by atoms with Crippen LogP contribution in [-0.2, 0) is 48.2 Å². The van der Waals surface area contributed by atoms with E-state index in [0.29, 0.717) is 23.4 Å². The van der Waals surface area contributed by atoms with Gasteiger partial charge in [-0.25, -0.2) is 4.79 Å². The monoisotopic (exact) mass is 828 g/mol. The van der Waals surface area contributed by atoms with Gasteiger partial charge in [-0.1, -0.05) is 86.6 Å². The molecule has 15 nitrogen and oxygen atoms in total. The van der Waals surface area contributed by atoms with Crippen molar-refractivity contribution in [2.45, 2.75) is 115 Å². The van der Waals surface area contributed by atoms with E-state index in [2.05, 4.69) is 26.3 Å². The third kappa shape index (κ3) is 12.8. The van der Waals surface area contributed by atoms with Crippen molar-refractivity contribution >= 4 is 64.7 Å². The summed E-state index contributed by atoms with van der Waals surface area (Å²) in [6.45, 7) is 5.05. The highest BCUT2D eigenvalue weighted by atomic mass is 35.5. The lowest BCUT2D eigenvalue weighted by molar-refractivity contribution is -0.147. The van der Waals surface area contributed by atoms with Crippen LogP contribution in [0.25, 0.3) is 0 Å². The lowest BCUT2D eigenvalue weighted by Crippen LogP contribution is -2.62. The van der Waals surface area contributed by atoms with Crippen molar-refractivity contribution in [1.29, 1.82) is 0 Å². The number of carbonyl (C=O) groups excluding carboxylic acids is 5. The predicted octanol–water partition coefficient (Wildman–Crippen LogP) is 2.82. The van der Waals surface area contributed by atoms with Crippen LogP contribution < -0.4 is 32.7 Å². The van der Waals surface area contributed by atoms with Gasteiger partial charge in [0.15, 0.2) is 5.96 Å². The largest absolute Gasteiger partial charge is 0.480 e. The van der Waals surface area contributed by atoms with E-state index < -0.39 is 59.8 Å². The Hall–Kier alpha value is -4.89. The number of carbonyl (C=O) groups is 6. The van der Waals surface area contributed by atoms with Crippen molar-refractivity contribution in [3.8, 4) is 0 Å². The molecule has 17 heteroatoms. The van der Waals surface area contributed by atoms with E-state index in [1.165, 1.54) is 24.0 Å². The minimum Gasteiger partial charge on any atom is -0.480 e. The highest BCUT2D eigenvalue weighted by molar-refractivity contribution is 6.42. The first-order valence-electron chi connectivity index (χ1n) is 19.3. The van der Waals surface area contributed by atoms with Crippen molar-refractivity contribution in [2.24, 2.45) is 28.3 Å². The van der Waals surface area contributed by atoms with Crippen molar-refractivity contribution < 1.29 is 33.9 Å². The fourth-order valence-corrected chi connectivity index (χ4v) is 7.76. The second-order valence-corrected chi connectivity index (χ2v) is 15.9. The molecule has 2 aromatic carbocycles. The molecular weight excluding hydrogens is 775 g/mol. The lowest BCUT2D eigenvalue weighted by Gasteiger charge is -2.39. The number of carboxylic acids is 1. The standard InChI is InChI=1S/C40H54Cl2N8O7/c1-22(2)33(46-23(3)51)36(53)49-34(25-10-5-4-6-11-25)37(54)47-30(14-9-17-45-40(43)44)38(55)50-21-27-13-8-7-12-26(27)20-32(50)35(52)48-31(39(56)57)19-24-15-16-28(41)29(42)18-24/h7-8,12-13,15-16,18,22,25,30-34H,4-6,9-11,14,17,19-21H2,1-3H3,(H,46,51)(H,47,54)(H,48,52)(H,49,53)(H,56,57)(H4,43,44,45)/t30-,31+,32-,33-,34?/m0/s1. The van der Waals surface area contributed by atoms with E-state index in [9.17, 15) is 33.9 Å². The maximum atomic E-state index is 14.8. The number of hydrogen-bond donors (Lipinski definition) is 7. The molecule has 0 saturated heterocycles. The maximum absolute atomic E-state index is 14.8. The second kappa shape index (κ2) is 21.0. The van der Waals surface area contributed by atoms with Crippen molar-refractivity contribution in [3.63, 3.8) is 0 Å². The van der Waals surface area contributed by atoms with E-state index in [-0.39, 0.29) is 67.5 Å². The molecule has 5 amide bonds. The van der Waals surface area contributed by atoms with Gasteiger partial charge in [0, 0.05) is 32.9 Å². The summed E-state index contributed by atoms with van der Waals surface area (Å²) < 4.78 is 0. The number of rotatable bonds is 17. The Labute approximate surface area is 343 Å². The normalized spacial score (nSPS) is 17.6. The number of halogens is 2. The van der Waals surface area contributed by atoms with Crippen LogP contribution >= 0.6 is 23.2 Å². The number of fused-ring (bicyclic) bond motifs is 1. The van der Waals surface area contributed by atoms with Gasteiger partial charge in [-0.15, -0.1) is 0 Å². The highest BCUT2D eigenvalue weighted by Crippen LogP contribution is 2.29. The van der Waals surface area contributed by atoms with Crippen molar-refractivity contribution in [2.75, 3.05) is 6.54 Å². The van der Waals surface area contributed by atoms with Gasteiger partial charge in [0.2, 0.25) is 29.5 Å². The van der Waals surface area contributed by atoms with Gasteiger partial charge >= 0.3 is 5.97 Å². The Morgan fingerprint density at radius 2 is 1.56 bits per heavy atom. The quantitative estimate of drug-likeness (QED) is 0.0704. The van der Waals surface area contributed by atoms with Gasteiger partial charge in [0.25, 0.3) is 0 Å². The van der Waals surface area contributed by atoms with Crippen LogP contribution in [0.4, 0.5) is 0 Å². The average Bonchev–Trinajstić information content (AvgIpc) is 3.17. The van der Waals surface area contributed by atoms with Crippen LogP contribution in [0.15, 0.2) is 47.5 Å². The number of nitrogens with two attached hydrogens (primary N) is 2. The Balaban J connectivity index is 1.65. The summed E-state index contributed by atoms with van der Waals surface area (Å²) in [5, 5.41) is 21.8. The fraction of sp³-hybridized carbons (Fsp3) is 0.525. The Bertz CT molecular complexity index is 1820. The van der Waals surface area contributed by atoms with Gasteiger partial charge in [0.05, 0.1) is 10.0 Å². The number of amides is 5. The molecule has 2 aliphatic rings. The topological polar surface area (TPSA) is 238 Å². The van der Waals surface area contributed by atoms with E-state index in [0.717, 1.165) is 30.4 Å². The molecular formula is C40H54Cl2N8O7. The van der Waals surface area contributed by atoms with Crippen LogP contribution in [0.5, 0.6) is 0 Å². The van der Waals surface area contributed by atoms with E-state index in [4.69, 9.17) is 34.7 Å². The zero-order valence-electron chi connectivity index (χ0n) is 32.6. The third-order valence-electron chi connectivity index (χ3n) is 10.4. The minimum atomic E-state index is -1.37. The lowest BCUT2D eigenvalue weighted by atomic mass is 9.83. The summed E-state index contributed by atoms with van der Waals surface area (Å²) in [4.78, 5) is 86.7. The third-order valence-corrected chi connectivity index (χ3v) is 11.2. The summed E-state index contributed by atoms with van der Waals surface area (Å²) in [5.41, 5.74) is 13.2. The number of hydrogen-bond acceptors (Lipinski definition) is 7. The number of guanidine groups is 1. The molecule has 1 heterocycles. The first kappa shape index (κ1) is 44.8. The second-order valence-electron chi connectivity index (χ2n) is 15.1. The molecule has 0 aromatic heterocycles. The van der Waals surface area contributed by atoms with E-state index in [1.54, 1.807) is 19.9 Å². The number of aliphatic imine (C=N–C) groups is 1. The molecule has 9 N–H and O–H groups in total. The van der Waals surface area contributed by atoms with Crippen LogP contribution in [0.1, 0.15) is 82.4 Å². The Morgan fingerprint density at radius 3 is 2.18 bits per heavy atom. The molecule has 57 heavy (non-hydrogen) atoms. The molecule has 1 fully saturated rings. The molecule has 1 saturated carbocycles. The molecule has 1 unspecified atom stereocenters. The van der Waals surface area contributed by atoms with Gasteiger partial charge in [-0.3, -0.25) is 29.0 Å². The number of carboxylic acid groups (broad SMARTS) is 1. The molecule has 4 rings (SSSR count). The molecule has 310 valence electrons. The number of benzene rings is 2. The Kier molecular flexibility index (Phi) is 16.5.